The van der Waals surface area contributed by atoms with Crippen molar-refractivity contribution in [3.63, 3.8) is 0 Å². The Labute approximate surface area is 235 Å². The Hall–Kier alpha value is -3.57. The molecule has 1 amide bonds. The van der Waals surface area contributed by atoms with Crippen LogP contribution >= 0.6 is 22.7 Å². The molecule has 3 aromatic carbocycles. The number of rotatable bonds is 7. The van der Waals surface area contributed by atoms with Gasteiger partial charge in [-0.05, 0) is 54.9 Å². The summed E-state index contributed by atoms with van der Waals surface area (Å²) < 4.78 is 29.7. The summed E-state index contributed by atoms with van der Waals surface area (Å²) in [6.07, 6.45) is 0.883. The molecule has 0 saturated carbocycles. The number of aromatic nitrogens is 1. The second-order valence-corrected chi connectivity index (χ2v) is 13.0. The molecule has 0 aliphatic carbocycles. The zero-order valence-corrected chi connectivity index (χ0v) is 23.6. The summed E-state index contributed by atoms with van der Waals surface area (Å²) in [5, 5.41) is 4.74. The van der Waals surface area contributed by atoms with E-state index in [2.05, 4.69) is 27.9 Å². The minimum Gasteiger partial charge on any atom is -0.313 e. The van der Waals surface area contributed by atoms with Gasteiger partial charge in [0.2, 0.25) is 0 Å². The first-order valence-corrected chi connectivity index (χ1v) is 15.8. The summed E-state index contributed by atoms with van der Waals surface area (Å²) in [6.45, 7) is 4.90. The molecule has 3 heterocycles. The van der Waals surface area contributed by atoms with Crippen molar-refractivity contribution in [2.45, 2.75) is 24.8 Å². The Morgan fingerprint density at radius 2 is 1.72 bits per heavy atom. The molecule has 0 fully saturated rings. The standard InChI is InChI=1S/C29H26N4O3S3/c1-2-33-17-16-21-25(18-33)38-29(26(21)28-30-23-14-8-9-15-24(23)37-28)31-27(34)20-12-6-7-13-22(20)32-39(35,36)19-10-4-3-5-11-19/h3-15,32H,2,16-18H2,1H3,(H,31,34). The van der Waals surface area contributed by atoms with Gasteiger partial charge in [-0.1, -0.05) is 49.4 Å². The van der Waals surface area contributed by atoms with E-state index in [1.165, 1.54) is 22.6 Å². The first-order chi connectivity index (χ1) is 18.9. The fourth-order valence-corrected chi connectivity index (χ4v) is 8.26. The van der Waals surface area contributed by atoms with Crippen LogP contribution in [-0.4, -0.2) is 37.3 Å². The summed E-state index contributed by atoms with van der Waals surface area (Å²) in [5.41, 5.74) is 3.61. The minimum atomic E-state index is -3.86. The number of hydrogen-bond donors (Lipinski definition) is 2. The van der Waals surface area contributed by atoms with Gasteiger partial charge < -0.3 is 5.32 Å². The quantitative estimate of drug-likeness (QED) is 0.233. The molecule has 1 aliphatic heterocycles. The van der Waals surface area contributed by atoms with Gasteiger partial charge in [0.05, 0.1) is 26.4 Å². The molecule has 0 bridgehead atoms. The van der Waals surface area contributed by atoms with Gasteiger partial charge in [-0.25, -0.2) is 13.4 Å². The van der Waals surface area contributed by atoms with E-state index in [-0.39, 0.29) is 22.1 Å². The van der Waals surface area contributed by atoms with Crippen LogP contribution in [0, 0.1) is 0 Å². The third-order valence-electron chi connectivity index (χ3n) is 6.79. The van der Waals surface area contributed by atoms with E-state index in [0.29, 0.717) is 0 Å². The predicted octanol–water partition coefficient (Wildman–Crippen LogP) is 6.46. The number of para-hydroxylation sites is 2. The molecular formula is C29H26N4O3S3. The minimum absolute atomic E-state index is 0.129. The third-order valence-corrected chi connectivity index (χ3v) is 10.4. The largest absolute Gasteiger partial charge is 0.313 e. The van der Waals surface area contributed by atoms with Crippen LogP contribution in [0.15, 0.2) is 83.8 Å². The Morgan fingerprint density at radius 3 is 2.51 bits per heavy atom. The average Bonchev–Trinajstić information content (AvgIpc) is 3.53. The van der Waals surface area contributed by atoms with Crippen molar-refractivity contribution >= 4 is 59.5 Å². The number of anilines is 2. The Bertz CT molecular complexity index is 1750. The van der Waals surface area contributed by atoms with Crippen LogP contribution < -0.4 is 10.0 Å². The van der Waals surface area contributed by atoms with E-state index >= 15 is 0 Å². The van der Waals surface area contributed by atoms with Gasteiger partial charge in [0.25, 0.3) is 15.9 Å². The molecule has 5 aromatic rings. The monoisotopic (exact) mass is 574 g/mol. The van der Waals surface area contributed by atoms with Crippen LogP contribution in [0.5, 0.6) is 0 Å². The maximum Gasteiger partial charge on any atom is 0.261 e. The van der Waals surface area contributed by atoms with E-state index < -0.39 is 10.0 Å². The second kappa shape index (κ2) is 10.5. The molecule has 6 rings (SSSR count). The lowest BCUT2D eigenvalue weighted by molar-refractivity contribution is 0.102. The van der Waals surface area contributed by atoms with E-state index in [4.69, 9.17) is 4.98 Å². The highest BCUT2D eigenvalue weighted by molar-refractivity contribution is 7.92. The van der Waals surface area contributed by atoms with Crippen molar-refractivity contribution in [1.82, 2.24) is 9.88 Å². The summed E-state index contributed by atoms with van der Waals surface area (Å²) in [5.74, 6) is -0.380. The Morgan fingerprint density at radius 1 is 0.974 bits per heavy atom. The van der Waals surface area contributed by atoms with E-state index in [1.807, 2.05) is 18.2 Å². The van der Waals surface area contributed by atoms with Gasteiger partial charge >= 0.3 is 0 Å². The van der Waals surface area contributed by atoms with Gasteiger partial charge in [0.1, 0.15) is 10.0 Å². The lowest BCUT2D eigenvalue weighted by Crippen LogP contribution is -2.29. The molecule has 0 unspecified atom stereocenters. The number of thiophene rings is 1. The zero-order valence-electron chi connectivity index (χ0n) is 21.2. The molecule has 0 spiro atoms. The molecular weight excluding hydrogens is 549 g/mol. The molecule has 198 valence electrons. The topological polar surface area (TPSA) is 91.4 Å². The number of amides is 1. The number of nitrogens with one attached hydrogen (secondary N) is 2. The SMILES string of the molecule is CCN1CCc2c(sc(NC(=O)c3ccccc3NS(=O)(=O)c3ccccc3)c2-c2nc3ccccc3s2)C1. The van der Waals surface area contributed by atoms with Crippen molar-refractivity contribution in [1.29, 1.82) is 0 Å². The number of benzene rings is 3. The molecule has 1 aliphatic rings. The van der Waals surface area contributed by atoms with Crippen molar-refractivity contribution in [3.05, 3.63) is 94.9 Å². The van der Waals surface area contributed by atoms with Gasteiger partial charge in [-0.3, -0.25) is 14.4 Å². The van der Waals surface area contributed by atoms with Crippen molar-refractivity contribution < 1.29 is 13.2 Å². The van der Waals surface area contributed by atoms with E-state index in [0.717, 1.165) is 51.8 Å². The second-order valence-electron chi connectivity index (χ2n) is 9.23. The molecule has 10 heteroatoms. The van der Waals surface area contributed by atoms with Crippen molar-refractivity contribution in [3.8, 4) is 10.6 Å². The summed E-state index contributed by atoms with van der Waals surface area (Å²) in [7, 11) is -3.86. The number of carbonyl (C=O) groups is 1. The fourth-order valence-electron chi connectivity index (χ4n) is 4.76. The third kappa shape index (κ3) is 5.08. The first-order valence-electron chi connectivity index (χ1n) is 12.6. The van der Waals surface area contributed by atoms with Gasteiger partial charge in [0, 0.05) is 23.5 Å². The highest BCUT2D eigenvalue weighted by Gasteiger charge is 2.28. The number of carbonyl (C=O) groups excluding carboxylic acids is 1. The van der Waals surface area contributed by atoms with Crippen LogP contribution in [0.4, 0.5) is 10.7 Å². The number of thiazole rings is 1. The van der Waals surface area contributed by atoms with Crippen LogP contribution in [0.25, 0.3) is 20.8 Å². The highest BCUT2D eigenvalue weighted by Crippen LogP contribution is 2.46. The lowest BCUT2D eigenvalue weighted by Gasteiger charge is -2.25. The van der Waals surface area contributed by atoms with E-state index in [9.17, 15) is 13.2 Å². The van der Waals surface area contributed by atoms with Gasteiger partial charge in [-0.15, -0.1) is 22.7 Å². The van der Waals surface area contributed by atoms with Gasteiger partial charge in [-0.2, -0.15) is 0 Å². The maximum absolute atomic E-state index is 13.7. The fraction of sp³-hybridized carbons (Fsp3) is 0.172. The molecule has 2 N–H and O–H groups in total. The van der Waals surface area contributed by atoms with Crippen LogP contribution in [0.1, 0.15) is 27.7 Å². The lowest BCUT2D eigenvalue weighted by atomic mass is 10.0. The summed E-state index contributed by atoms with van der Waals surface area (Å²) >= 11 is 3.20. The number of nitrogens with zero attached hydrogens (tertiary/aromatic N) is 2. The molecule has 2 aromatic heterocycles. The van der Waals surface area contributed by atoms with Gasteiger partial charge in [0.15, 0.2) is 0 Å². The van der Waals surface area contributed by atoms with Crippen LogP contribution in [0.3, 0.4) is 0 Å². The first kappa shape index (κ1) is 25.7. The smallest absolute Gasteiger partial charge is 0.261 e. The van der Waals surface area contributed by atoms with Crippen LogP contribution in [0.2, 0.25) is 0 Å². The number of fused-ring (bicyclic) bond motifs is 2. The summed E-state index contributed by atoms with van der Waals surface area (Å²) in [4.78, 5) is 22.3. The average molecular weight is 575 g/mol. The number of hydrogen-bond acceptors (Lipinski definition) is 7. The van der Waals surface area contributed by atoms with Crippen molar-refractivity contribution in [2.75, 3.05) is 23.1 Å². The van der Waals surface area contributed by atoms with E-state index in [1.54, 1.807) is 65.1 Å². The molecule has 0 atom stereocenters. The van der Waals surface area contributed by atoms with Crippen molar-refractivity contribution in [2.24, 2.45) is 0 Å². The molecule has 0 saturated heterocycles. The molecule has 39 heavy (non-hydrogen) atoms. The maximum atomic E-state index is 13.7. The normalized spacial score (nSPS) is 13.8. The Kier molecular flexibility index (Phi) is 6.94. The Balaban J connectivity index is 1.37. The predicted molar refractivity (Wildman–Crippen MR) is 159 cm³/mol. The summed E-state index contributed by atoms with van der Waals surface area (Å²) in [6, 6.07) is 22.8. The number of sulfonamides is 1. The highest BCUT2D eigenvalue weighted by atomic mass is 32.2. The zero-order chi connectivity index (χ0) is 27.0. The van der Waals surface area contributed by atoms with Crippen LogP contribution in [-0.2, 0) is 23.0 Å². The molecule has 0 radical (unpaired) electrons. The molecule has 7 nitrogen and oxygen atoms in total. The number of likely N-dealkylation sites (N-methyl/N-ethyl adjacent to an activating group) is 1.